The van der Waals surface area contributed by atoms with Gasteiger partial charge < -0.3 is 24.4 Å². The van der Waals surface area contributed by atoms with E-state index in [4.69, 9.17) is 19.3 Å². The van der Waals surface area contributed by atoms with Crippen molar-refractivity contribution in [1.82, 2.24) is 0 Å². The lowest BCUT2D eigenvalue weighted by atomic mass is 9.31. The number of cyclic esters (lactones) is 4. The fourth-order valence-electron chi connectivity index (χ4n) is 13.6. The number of allylic oxidation sites excluding steroid dienone is 2. The molecule has 0 radical (unpaired) electrons. The summed E-state index contributed by atoms with van der Waals surface area (Å²) in [6.45, 7) is 10.7. The second-order valence-corrected chi connectivity index (χ2v) is 19.6. The van der Waals surface area contributed by atoms with Gasteiger partial charge in [-0.2, -0.15) is 0 Å². The molecule has 5 saturated carbocycles. The molecule has 2 aliphatic heterocycles. The number of carboxylic acids is 2. The Hall–Kier alpha value is -3.08. The Bertz CT molecular complexity index is 1570. The zero-order chi connectivity index (χ0) is 41.3. The zero-order valence-electron chi connectivity index (χ0n) is 35.0. The van der Waals surface area contributed by atoms with Gasteiger partial charge in [0, 0.05) is 11.8 Å². The van der Waals surface area contributed by atoms with E-state index in [1.54, 1.807) is 0 Å². The van der Waals surface area contributed by atoms with Gasteiger partial charge in [0.1, 0.15) is 0 Å². The highest BCUT2D eigenvalue weighted by atomic mass is 16.6. The molecule has 7 rings (SSSR count). The maximum atomic E-state index is 14.1. The Morgan fingerprint density at radius 2 is 1.61 bits per heavy atom. The third-order valence-corrected chi connectivity index (χ3v) is 16.2. The molecule has 2 bridgehead atoms. The van der Waals surface area contributed by atoms with Crippen molar-refractivity contribution < 1.29 is 53.2 Å². The smallest absolute Gasteiger partial charge is 0.318 e. The van der Waals surface area contributed by atoms with Crippen LogP contribution in [0.5, 0.6) is 0 Å². The van der Waals surface area contributed by atoms with E-state index in [9.17, 15) is 33.9 Å². The largest absolute Gasteiger partial charge is 0.481 e. The quantitative estimate of drug-likeness (QED) is 0.0523. The summed E-state index contributed by atoms with van der Waals surface area (Å²) in [5.41, 5.74) is -1.94. The summed E-state index contributed by atoms with van der Waals surface area (Å²) in [6.07, 6.45) is 17.2. The van der Waals surface area contributed by atoms with E-state index in [2.05, 4.69) is 39.8 Å². The van der Waals surface area contributed by atoms with Crippen molar-refractivity contribution in [2.75, 3.05) is 0 Å². The van der Waals surface area contributed by atoms with Crippen molar-refractivity contribution in [3.8, 4) is 0 Å². The number of carbonyl (C=O) groups is 6. The van der Waals surface area contributed by atoms with Crippen LogP contribution in [0.15, 0.2) is 12.2 Å². The van der Waals surface area contributed by atoms with Crippen LogP contribution in [0.4, 0.5) is 0 Å². The number of aliphatic carboxylic acids is 2. The van der Waals surface area contributed by atoms with E-state index in [-0.39, 0.29) is 66.0 Å². The van der Waals surface area contributed by atoms with Crippen LogP contribution in [0.3, 0.4) is 0 Å². The van der Waals surface area contributed by atoms with Crippen LogP contribution < -0.4 is 0 Å². The maximum absolute atomic E-state index is 14.1. The second kappa shape index (κ2) is 17.6. The van der Waals surface area contributed by atoms with Crippen molar-refractivity contribution >= 4 is 35.8 Å². The molecule has 11 heteroatoms. The van der Waals surface area contributed by atoms with Gasteiger partial charge in [0.25, 0.3) is 0 Å². The van der Waals surface area contributed by atoms with Crippen molar-refractivity contribution in [2.24, 2.45) is 69.5 Å². The van der Waals surface area contributed by atoms with E-state index in [0.29, 0.717) is 38.5 Å². The van der Waals surface area contributed by atoms with Gasteiger partial charge >= 0.3 is 35.8 Å². The minimum atomic E-state index is -0.875. The average Bonchev–Trinajstić information content (AvgIpc) is 3.66. The van der Waals surface area contributed by atoms with E-state index in [1.807, 2.05) is 6.92 Å². The molecule has 12 unspecified atom stereocenters. The number of hydrogen-bond acceptors (Lipinski definition) is 9. The van der Waals surface area contributed by atoms with E-state index in [1.165, 1.54) is 0 Å². The molecule has 13 atom stereocenters. The number of esters is 4. The third kappa shape index (κ3) is 8.13. The highest BCUT2D eigenvalue weighted by molar-refractivity contribution is 5.98. The third-order valence-electron chi connectivity index (χ3n) is 16.2. The standard InChI is InChI=1S/C46H68O11/c1-6-7-8-12-16-28(30-26-35(49)56-40(30)50)19-20-29(17-13-10-9-11-14-18-34(47)48)55-39-36(27(2)3)31-25-33-44(4)22-15-23-45(5,43(53)54)32(44)21-24-46(33,39)38-37(31)41(51)57-42(38)52/h12,16,27-33,36-39H,6-11,13-15,17-26H2,1-5H3,(H,47,48)(H,53,54)/b16-12+/t28?,29?,30-,31?,32?,33?,36?,37?,38?,39?,44?,45?,46?/m0/s1. The minimum absolute atomic E-state index is 0.0127. The maximum Gasteiger partial charge on any atom is 0.318 e. The number of unbranched alkanes of at least 4 members (excludes halogenated alkanes) is 6. The van der Waals surface area contributed by atoms with Gasteiger partial charge in [-0.3, -0.25) is 28.8 Å². The van der Waals surface area contributed by atoms with Crippen molar-refractivity contribution in [3.63, 3.8) is 0 Å². The molecule has 0 aromatic carbocycles. The number of carboxylic acid groups (broad SMARTS) is 2. The lowest BCUT2D eigenvalue weighted by Gasteiger charge is -2.72. The van der Waals surface area contributed by atoms with E-state index < -0.39 is 64.4 Å². The summed E-state index contributed by atoms with van der Waals surface area (Å²) in [5.74, 6) is -5.37. The van der Waals surface area contributed by atoms with Crippen LogP contribution in [-0.2, 0) is 43.0 Å². The Balaban J connectivity index is 1.34. The molecule has 2 saturated heterocycles. The summed E-state index contributed by atoms with van der Waals surface area (Å²) in [5, 5.41) is 19.7. The Kier molecular flexibility index (Phi) is 13.5. The van der Waals surface area contributed by atoms with Gasteiger partial charge in [0.05, 0.1) is 41.8 Å². The Morgan fingerprint density at radius 1 is 0.877 bits per heavy atom. The van der Waals surface area contributed by atoms with Crippen LogP contribution in [-0.4, -0.2) is 58.2 Å². The molecular formula is C46H68O11. The summed E-state index contributed by atoms with van der Waals surface area (Å²) >= 11 is 0. The first-order valence-electron chi connectivity index (χ1n) is 22.4. The van der Waals surface area contributed by atoms with Gasteiger partial charge in [-0.1, -0.05) is 84.8 Å². The fourth-order valence-corrected chi connectivity index (χ4v) is 13.6. The van der Waals surface area contributed by atoms with Crippen LogP contribution in [0, 0.1) is 69.5 Å². The predicted molar refractivity (Wildman–Crippen MR) is 210 cm³/mol. The van der Waals surface area contributed by atoms with Gasteiger partial charge in [0.2, 0.25) is 0 Å². The highest BCUT2D eigenvalue weighted by Crippen LogP contribution is 2.76. The Labute approximate surface area is 338 Å². The lowest BCUT2D eigenvalue weighted by Crippen LogP contribution is -2.73. The topological polar surface area (TPSA) is 171 Å². The molecule has 2 heterocycles. The highest BCUT2D eigenvalue weighted by Gasteiger charge is 2.78. The molecule has 318 valence electrons. The fraction of sp³-hybridized carbons (Fsp3) is 0.826. The summed E-state index contributed by atoms with van der Waals surface area (Å²) in [6, 6.07) is 0. The van der Waals surface area contributed by atoms with Crippen molar-refractivity contribution in [3.05, 3.63) is 12.2 Å². The monoisotopic (exact) mass is 796 g/mol. The van der Waals surface area contributed by atoms with Crippen LogP contribution in [0.1, 0.15) is 157 Å². The minimum Gasteiger partial charge on any atom is -0.481 e. The molecule has 7 fully saturated rings. The molecular weight excluding hydrogens is 728 g/mol. The van der Waals surface area contributed by atoms with Gasteiger partial charge in [-0.15, -0.1) is 0 Å². The average molecular weight is 797 g/mol. The van der Waals surface area contributed by atoms with Crippen LogP contribution >= 0.6 is 0 Å². The van der Waals surface area contributed by atoms with Crippen molar-refractivity contribution in [2.45, 2.75) is 169 Å². The molecule has 57 heavy (non-hydrogen) atoms. The van der Waals surface area contributed by atoms with Gasteiger partial charge in [0.15, 0.2) is 0 Å². The predicted octanol–water partition coefficient (Wildman–Crippen LogP) is 8.70. The normalized spacial score (nSPS) is 38.1. The molecule has 0 amide bonds. The molecule has 0 aromatic heterocycles. The second-order valence-electron chi connectivity index (χ2n) is 19.6. The first-order valence-corrected chi connectivity index (χ1v) is 22.4. The number of fused-ring (bicyclic) bond motifs is 2. The van der Waals surface area contributed by atoms with Crippen LogP contribution in [0.2, 0.25) is 0 Å². The SMILES string of the molecule is CCCC/C=C/C(CCC(CCCCCCCC(=O)O)OC1C(C(C)C)C2CC3C4(C)CCCC(C)(C(=O)O)C4CCC13C1C(=O)OC(=O)C21)[C@@H]1CC(=O)OC1=O. The molecule has 7 aliphatic rings. The van der Waals surface area contributed by atoms with E-state index >= 15 is 0 Å². The molecule has 5 aliphatic carbocycles. The zero-order valence-corrected chi connectivity index (χ0v) is 35.0. The lowest BCUT2D eigenvalue weighted by molar-refractivity contribution is -0.296. The first kappa shape index (κ1) is 43.5. The number of ether oxygens (including phenoxy) is 3. The molecule has 0 aromatic rings. The number of hydrogen-bond donors (Lipinski definition) is 2. The summed E-state index contributed by atoms with van der Waals surface area (Å²) < 4.78 is 18.2. The number of carbonyl (C=O) groups excluding carboxylic acids is 4. The molecule has 2 N–H and O–H groups in total. The summed E-state index contributed by atoms with van der Waals surface area (Å²) in [7, 11) is 0. The van der Waals surface area contributed by atoms with Crippen molar-refractivity contribution in [1.29, 1.82) is 0 Å². The van der Waals surface area contributed by atoms with Gasteiger partial charge in [-0.25, -0.2) is 0 Å². The van der Waals surface area contributed by atoms with Gasteiger partial charge in [-0.05, 0) is 112 Å². The first-order chi connectivity index (χ1) is 27.1. The molecule has 1 spiro atoms. The Morgan fingerprint density at radius 3 is 2.28 bits per heavy atom. The molecule has 11 nitrogen and oxygen atoms in total. The summed E-state index contributed by atoms with van der Waals surface area (Å²) in [4.78, 5) is 76.9. The number of rotatable bonds is 20. The van der Waals surface area contributed by atoms with E-state index in [0.717, 1.165) is 70.6 Å². The van der Waals surface area contributed by atoms with Crippen LogP contribution in [0.25, 0.3) is 0 Å².